The Morgan fingerprint density at radius 3 is 2.50 bits per heavy atom. The van der Waals surface area contributed by atoms with E-state index in [9.17, 15) is 4.79 Å². The average molecular weight is 222 g/mol. The van der Waals surface area contributed by atoms with Crippen LogP contribution in [0.4, 0.5) is 0 Å². The number of aryl methyl sites for hydroxylation is 1. The fourth-order valence-corrected chi connectivity index (χ4v) is 1.40. The molecule has 4 heteroatoms. The molecule has 88 valence electrons. The summed E-state index contributed by atoms with van der Waals surface area (Å²) in [5.74, 6) is -0.294. The molecule has 0 saturated carbocycles. The van der Waals surface area contributed by atoms with Gasteiger partial charge in [0.2, 0.25) is 0 Å². The van der Waals surface area contributed by atoms with Gasteiger partial charge in [0.25, 0.3) is 0 Å². The first-order valence-corrected chi connectivity index (χ1v) is 5.47. The lowest BCUT2D eigenvalue weighted by Gasteiger charge is -2.10. The average Bonchev–Trinajstić information content (AvgIpc) is 2.16. The summed E-state index contributed by atoms with van der Waals surface area (Å²) in [5.41, 5.74) is 1.87. The Morgan fingerprint density at radius 1 is 1.38 bits per heavy atom. The van der Waals surface area contributed by atoms with Crippen molar-refractivity contribution in [2.24, 2.45) is 5.92 Å². The smallest absolute Gasteiger partial charge is 0.306 e. The molecule has 0 aromatic carbocycles. The zero-order valence-electron chi connectivity index (χ0n) is 10.2. The van der Waals surface area contributed by atoms with Crippen LogP contribution in [0.3, 0.4) is 0 Å². The molecular formula is C12H18N2O2. The Labute approximate surface area is 95.7 Å². The molecule has 0 saturated heterocycles. The lowest BCUT2D eigenvalue weighted by atomic mass is 10.1. The van der Waals surface area contributed by atoms with Crippen LogP contribution in [0.2, 0.25) is 0 Å². The van der Waals surface area contributed by atoms with Crippen LogP contribution >= 0.6 is 0 Å². The quantitative estimate of drug-likeness (QED) is 0.848. The van der Waals surface area contributed by atoms with Crippen molar-refractivity contribution in [3.05, 3.63) is 23.3 Å². The number of carboxylic acid groups (broad SMARTS) is 1. The number of nitrogens with zero attached hydrogens (tertiary/aromatic N) is 2. The molecule has 1 heterocycles. The fraction of sp³-hybridized carbons (Fsp3) is 0.583. The van der Waals surface area contributed by atoms with E-state index in [2.05, 4.69) is 23.8 Å². The number of hydrogen-bond donors (Lipinski definition) is 1. The van der Waals surface area contributed by atoms with E-state index in [1.807, 2.05) is 13.0 Å². The van der Waals surface area contributed by atoms with Crippen LogP contribution in [0, 0.1) is 12.8 Å². The van der Waals surface area contributed by atoms with Crippen LogP contribution in [-0.2, 0) is 11.2 Å². The SMILES string of the molecule is Cc1cc(C(C)C)nc(CC(C)C(=O)O)n1. The summed E-state index contributed by atoms with van der Waals surface area (Å²) >= 11 is 0. The van der Waals surface area contributed by atoms with Gasteiger partial charge in [-0.25, -0.2) is 9.97 Å². The molecular weight excluding hydrogens is 204 g/mol. The lowest BCUT2D eigenvalue weighted by molar-refractivity contribution is -0.141. The van der Waals surface area contributed by atoms with Crippen molar-refractivity contribution < 1.29 is 9.90 Å². The molecule has 1 atom stereocenters. The standard InChI is InChI=1S/C12H18N2O2/c1-7(2)10-6-9(4)13-11(14-10)5-8(3)12(15)16/h6-8H,5H2,1-4H3,(H,15,16). The van der Waals surface area contributed by atoms with Gasteiger partial charge >= 0.3 is 5.97 Å². The van der Waals surface area contributed by atoms with Crippen LogP contribution in [-0.4, -0.2) is 21.0 Å². The molecule has 0 aliphatic carbocycles. The van der Waals surface area contributed by atoms with Crippen molar-refractivity contribution >= 4 is 5.97 Å². The molecule has 1 unspecified atom stereocenters. The largest absolute Gasteiger partial charge is 0.481 e. The zero-order chi connectivity index (χ0) is 12.3. The van der Waals surface area contributed by atoms with Gasteiger partial charge in [-0.2, -0.15) is 0 Å². The van der Waals surface area contributed by atoms with E-state index in [0.717, 1.165) is 11.4 Å². The third-order valence-corrected chi connectivity index (χ3v) is 2.42. The summed E-state index contributed by atoms with van der Waals surface area (Å²) in [6.07, 6.45) is 0.386. The summed E-state index contributed by atoms with van der Waals surface area (Å²) in [7, 11) is 0. The number of aliphatic carboxylic acids is 1. The molecule has 0 amide bonds. The number of hydrogen-bond acceptors (Lipinski definition) is 3. The van der Waals surface area contributed by atoms with Gasteiger partial charge in [-0.1, -0.05) is 20.8 Å². The van der Waals surface area contributed by atoms with Gasteiger partial charge in [-0.05, 0) is 18.9 Å². The van der Waals surface area contributed by atoms with Crippen LogP contribution in [0.15, 0.2) is 6.07 Å². The van der Waals surface area contributed by atoms with E-state index in [1.54, 1.807) is 6.92 Å². The number of aromatic nitrogens is 2. The Bertz CT molecular complexity index is 389. The predicted molar refractivity (Wildman–Crippen MR) is 61.4 cm³/mol. The second-order valence-electron chi connectivity index (χ2n) is 4.45. The highest BCUT2D eigenvalue weighted by Crippen LogP contribution is 2.14. The Kier molecular flexibility index (Phi) is 3.99. The zero-order valence-corrected chi connectivity index (χ0v) is 10.2. The summed E-state index contributed by atoms with van der Waals surface area (Å²) in [6, 6.07) is 1.94. The highest BCUT2D eigenvalue weighted by molar-refractivity contribution is 5.69. The second-order valence-corrected chi connectivity index (χ2v) is 4.45. The summed E-state index contributed by atoms with van der Waals surface area (Å²) in [4.78, 5) is 19.4. The van der Waals surface area contributed by atoms with Crippen molar-refractivity contribution in [2.75, 3.05) is 0 Å². The maximum atomic E-state index is 10.8. The molecule has 1 rings (SSSR count). The molecule has 0 radical (unpaired) electrons. The van der Waals surface area contributed by atoms with E-state index < -0.39 is 11.9 Å². The van der Waals surface area contributed by atoms with Gasteiger partial charge < -0.3 is 5.11 Å². The number of carbonyl (C=O) groups is 1. The summed E-state index contributed by atoms with van der Waals surface area (Å²) in [5, 5.41) is 8.84. The molecule has 1 N–H and O–H groups in total. The topological polar surface area (TPSA) is 63.1 Å². The van der Waals surface area contributed by atoms with Crippen LogP contribution in [0.1, 0.15) is 43.9 Å². The minimum atomic E-state index is -0.809. The molecule has 0 spiro atoms. The fourth-order valence-electron chi connectivity index (χ4n) is 1.40. The van der Waals surface area contributed by atoms with Crippen LogP contribution in [0.5, 0.6) is 0 Å². The van der Waals surface area contributed by atoms with Gasteiger partial charge in [0.15, 0.2) is 0 Å². The Balaban J connectivity index is 2.92. The van der Waals surface area contributed by atoms with E-state index in [4.69, 9.17) is 5.11 Å². The van der Waals surface area contributed by atoms with E-state index in [1.165, 1.54) is 0 Å². The molecule has 0 fully saturated rings. The van der Waals surface area contributed by atoms with E-state index >= 15 is 0 Å². The number of carboxylic acids is 1. The molecule has 16 heavy (non-hydrogen) atoms. The summed E-state index contributed by atoms with van der Waals surface area (Å²) in [6.45, 7) is 7.70. The summed E-state index contributed by atoms with van der Waals surface area (Å²) < 4.78 is 0. The van der Waals surface area contributed by atoms with Crippen molar-refractivity contribution in [1.82, 2.24) is 9.97 Å². The second kappa shape index (κ2) is 5.05. The van der Waals surface area contributed by atoms with Crippen molar-refractivity contribution in [1.29, 1.82) is 0 Å². The maximum Gasteiger partial charge on any atom is 0.306 e. The van der Waals surface area contributed by atoms with Gasteiger partial charge in [-0.15, -0.1) is 0 Å². The van der Waals surface area contributed by atoms with Crippen molar-refractivity contribution in [2.45, 2.75) is 40.0 Å². The molecule has 1 aromatic rings. The lowest BCUT2D eigenvalue weighted by Crippen LogP contribution is -2.15. The number of rotatable bonds is 4. The van der Waals surface area contributed by atoms with E-state index in [0.29, 0.717) is 18.2 Å². The predicted octanol–water partition coefficient (Wildman–Crippen LogP) is 2.17. The Morgan fingerprint density at radius 2 is 2.00 bits per heavy atom. The molecule has 1 aromatic heterocycles. The molecule has 0 aliphatic rings. The minimum absolute atomic E-state index is 0.334. The third kappa shape index (κ3) is 3.29. The van der Waals surface area contributed by atoms with Gasteiger partial charge in [0.05, 0.1) is 5.92 Å². The van der Waals surface area contributed by atoms with Gasteiger partial charge in [0, 0.05) is 17.8 Å². The Hall–Kier alpha value is -1.45. The molecule has 0 aliphatic heterocycles. The molecule has 0 bridgehead atoms. The monoisotopic (exact) mass is 222 g/mol. The highest BCUT2D eigenvalue weighted by atomic mass is 16.4. The van der Waals surface area contributed by atoms with Crippen LogP contribution < -0.4 is 0 Å². The normalized spacial score (nSPS) is 12.8. The molecule has 4 nitrogen and oxygen atoms in total. The highest BCUT2D eigenvalue weighted by Gasteiger charge is 2.14. The first kappa shape index (κ1) is 12.6. The van der Waals surface area contributed by atoms with Gasteiger partial charge in [-0.3, -0.25) is 4.79 Å². The van der Waals surface area contributed by atoms with Crippen molar-refractivity contribution in [3.63, 3.8) is 0 Å². The van der Waals surface area contributed by atoms with Crippen LogP contribution in [0.25, 0.3) is 0 Å². The maximum absolute atomic E-state index is 10.8. The van der Waals surface area contributed by atoms with Gasteiger partial charge in [0.1, 0.15) is 5.82 Å². The van der Waals surface area contributed by atoms with Crippen molar-refractivity contribution in [3.8, 4) is 0 Å². The van der Waals surface area contributed by atoms with E-state index in [-0.39, 0.29) is 0 Å². The minimum Gasteiger partial charge on any atom is -0.481 e. The third-order valence-electron chi connectivity index (χ3n) is 2.42. The first-order valence-electron chi connectivity index (χ1n) is 5.47. The first-order chi connectivity index (χ1) is 7.40.